The number of rotatable bonds is 5. The summed E-state index contributed by atoms with van der Waals surface area (Å²) < 4.78 is 29.5. The van der Waals surface area contributed by atoms with Crippen molar-refractivity contribution in [1.82, 2.24) is 19.8 Å². The van der Waals surface area contributed by atoms with Crippen LogP contribution in [0.4, 0.5) is 10.7 Å². The van der Waals surface area contributed by atoms with E-state index in [-0.39, 0.29) is 23.1 Å². The molecule has 9 nitrogen and oxygen atoms in total. The number of benzene rings is 1. The third kappa shape index (κ3) is 6.10. The monoisotopic (exact) mass is 501 g/mol. The van der Waals surface area contributed by atoms with Gasteiger partial charge in [0, 0.05) is 51.1 Å². The lowest BCUT2D eigenvalue weighted by Crippen LogP contribution is -2.59. The Morgan fingerprint density at radius 1 is 1.06 bits per heavy atom. The topological polar surface area (TPSA) is 95.9 Å². The third-order valence-corrected chi connectivity index (χ3v) is 8.08. The van der Waals surface area contributed by atoms with Gasteiger partial charge < -0.3 is 14.5 Å². The minimum absolute atomic E-state index is 0.0386. The van der Waals surface area contributed by atoms with Gasteiger partial charge in [-0.15, -0.1) is 0 Å². The summed E-state index contributed by atoms with van der Waals surface area (Å²) in [5.41, 5.74) is 0.818. The second kappa shape index (κ2) is 10.1. The molecule has 3 heterocycles. The van der Waals surface area contributed by atoms with Crippen LogP contribution in [0.15, 0.2) is 47.6 Å². The molecule has 0 spiro atoms. The maximum Gasteiger partial charge on any atom is 0.410 e. The fourth-order valence-corrected chi connectivity index (χ4v) is 5.19. The summed E-state index contributed by atoms with van der Waals surface area (Å²) in [6.07, 6.45) is 5.12. The summed E-state index contributed by atoms with van der Waals surface area (Å²) in [7, 11) is -3.35. The largest absolute Gasteiger partial charge is 0.443 e. The number of hydrogen-bond acceptors (Lipinski definition) is 8. The van der Waals surface area contributed by atoms with Gasteiger partial charge in [0.1, 0.15) is 10.5 Å². The normalized spacial score (nSPS) is 23.2. The second-order valence-electron chi connectivity index (χ2n) is 10.1. The van der Waals surface area contributed by atoms with Crippen LogP contribution in [0.25, 0.3) is 0 Å². The molecule has 0 N–H and O–H groups in total. The molecule has 2 aliphatic heterocycles. The molecular formula is C25H35N5O4S. The van der Waals surface area contributed by atoms with Gasteiger partial charge in [0.25, 0.3) is 0 Å². The molecule has 2 aromatic rings. The van der Waals surface area contributed by atoms with Crippen molar-refractivity contribution in [3.8, 4) is 0 Å². The number of anilines is 1. The number of carbonyl (C=O) groups excluding carboxylic acids is 1. The third-order valence-electron chi connectivity index (χ3n) is 7.02. The van der Waals surface area contributed by atoms with Gasteiger partial charge in [-0.25, -0.2) is 23.2 Å². The molecule has 35 heavy (non-hydrogen) atoms. The average molecular weight is 502 g/mol. The summed E-state index contributed by atoms with van der Waals surface area (Å²) >= 11 is 0. The van der Waals surface area contributed by atoms with Crippen LogP contribution in [0.3, 0.4) is 0 Å². The van der Waals surface area contributed by atoms with E-state index in [9.17, 15) is 13.2 Å². The zero-order chi connectivity index (χ0) is 25.2. The van der Waals surface area contributed by atoms with Gasteiger partial charge in [-0.3, -0.25) is 4.90 Å². The molecule has 0 bridgehead atoms. The van der Waals surface area contributed by atoms with Crippen LogP contribution < -0.4 is 4.90 Å². The van der Waals surface area contributed by atoms with E-state index in [0.29, 0.717) is 19.0 Å². The fraction of sp³-hybridized carbons (Fsp3) is 0.560. The number of piperazine rings is 1. The minimum Gasteiger partial charge on any atom is -0.443 e. The van der Waals surface area contributed by atoms with E-state index >= 15 is 0 Å². The number of sulfone groups is 1. The molecule has 2 saturated heterocycles. The van der Waals surface area contributed by atoms with Gasteiger partial charge in [0.05, 0.1) is 12.4 Å². The van der Waals surface area contributed by atoms with Crippen LogP contribution in [-0.2, 0) is 21.1 Å². The molecule has 2 atom stereocenters. The van der Waals surface area contributed by atoms with E-state index < -0.39 is 15.4 Å². The summed E-state index contributed by atoms with van der Waals surface area (Å²) in [6, 6.07) is 10.3. The summed E-state index contributed by atoms with van der Waals surface area (Å²) in [6.45, 7) is 9.72. The highest BCUT2D eigenvalue weighted by Gasteiger charge is 2.39. The van der Waals surface area contributed by atoms with Crippen molar-refractivity contribution in [2.24, 2.45) is 0 Å². The maximum absolute atomic E-state index is 13.2. The number of piperidine rings is 1. The van der Waals surface area contributed by atoms with Crippen molar-refractivity contribution in [2.75, 3.05) is 37.3 Å². The van der Waals surface area contributed by atoms with E-state index in [1.807, 2.05) is 31.7 Å². The van der Waals surface area contributed by atoms with E-state index in [4.69, 9.17) is 4.74 Å². The molecule has 0 unspecified atom stereocenters. The molecule has 190 valence electrons. The zero-order valence-corrected chi connectivity index (χ0v) is 21.7. The van der Waals surface area contributed by atoms with Crippen LogP contribution in [0.1, 0.15) is 39.2 Å². The van der Waals surface area contributed by atoms with Crippen molar-refractivity contribution >= 4 is 21.9 Å². The Kier molecular flexibility index (Phi) is 7.32. The Labute approximate surface area is 208 Å². The molecule has 1 aromatic heterocycles. The molecule has 1 aromatic carbocycles. The number of ether oxygens (including phenoxy) is 1. The van der Waals surface area contributed by atoms with Crippen LogP contribution >= 0.6 is 0 Å². The molecule has 0 saturated carbocycles. The summed E-state index contributed by atoms with van der Waals surface area (Å²) in [5, 5.41) is 0. The molecule has 4 rings (SSSR count). The van der Waals surface area contributed by atoms with E-state index in [1.165, 1.54) is 18.0 Å². The van der Waals surface area contributed by atoms with E-state index in [0.717, 1.165) is 38.7 Å². The summed E-state index contributed by atoms with van der Waals surface area (Å²) in [5.74, 6) is 0.461. The summed E-state index contributed by atoms with van der Waals surface area (Å²) in [4.78, 5) is 28.0. The number of carbonyl (C=O) groups is 1. The number of nitrogens with zero attached hydrogens (tertiary/aromatic N) is 5. The van der Waals surface area contributed by atoms with E-state index in [1.54, 1.807) is 4.90 Å². The number of aromatic nitrogens is 2. The van der Waals surface area contributed by atoms with Crippen molar-refractivity contribution in [3.05, 3.63) is 48.3 Å². The van der Waals surface area contributed by atoms with Crippen LogP contribution in [0.5, 0.6) is 0 Å². The molecule has 10 heteroatoms. The Bertz CT molecular complexity index is 1120. The van der Waals surface area contributed by atoms with Crippen molar-refractivity contribution in [2.45, 2.75) is 62.7 Å². The van der Waals surface area contributed by atoms with Crippen molar-refractivity contribution in [1.29, 1.82) is 0 Å². The van der Waals surface area contributed by atoms with Gasteiger partial charge in [-0.05, 0) is 39.2 Å². The first-order valence-corrected chi connectivity index (χ1v) is 14.0. The second-order valence-corrected chi connectivity index (χ2v) is 12.1. The van der Waals surface area contributed by atoms with Gasteiger partial charge in [-0.2, -0.15) is 0 Å². The molecule has 0 aliphatic carbocycles. The highest BCUT2D eigenvalue weighted by molar-refractivity contribution is 7.90. The number of likely N-dealkylation sites (tertiary alicyclic amines) is 1. The highest BCUT2D eigenvalue weighted by Crippen LogP contribution is 2.29. The predicted octanol–water partition coefficient (Wildman–Crippen LogP) is 2.97. The first-order valence-electron chi connectivity index (χ1n) is 12.1. The Hall–Kier alpha value is -2.72. The molecular weight excluding hydrogens is 466 g/mol. The van der Waals surface area contributed by atoms with Crippen LogP contribution in [0.2, 0.25) is 0 Å². The van der Waals surface area contributed by atoms with Gasteiger partial charge in [0.2, 0.25) is 5.95 Å². The van der Waals surface area contributed by atoms with Crippen LogP contribution in [0, 0.1) is 0 Å². The lowest BCUT2D eigenvalue weighted by Gasteiger charge is -2.45. The maximum atomic E-state index is 13.2. The Balaban J connectivity index is 1.32. The lowest BCUT2D eigenvalue weighted by molar-refractivity contribution is -0.0441. The number of amides is 1. The van der Waals surface area contributed by atoms with Crippen molar-refractivity contribution < 1.29 is 17.9 Å². The lowest BCUT2D eigenvalue weighted by atomic mass is 9.93. The first kappa shape index (κ1) is 25.4. The molecule has 2 aliphatic rings. The highest BCUT2D eigenvalue weighted by atomic mass is 32.2. The van der Waals surface area contributed by atoms with Gasteiger partial charge in [-0.1, -0.05) is 30.3 Å². The first-order chi connectivity index (χ1) is 16.5. The quantitative estimate of drug-likeness (QED) is 0.617. The molecule has 2 fully saturated rings. The standard InChI is InChI=1S/C25H35N5O4S/c1-19-17-30(20(2)16-29(19)23-26-14-22(15-27-23)35(4,32)33)24(31)34-25(3)10-12-28(13-11-25)18-21-8-6-5-7-9-21/h5-9,14-15,19-20H,10-13,16-18H2,1-4H3/t19-,20+/m0/s1. The smallest absolute Gasteiger partial charge is 0.410 e. The number of hydrogen-bond donors (Lipinski definition) is 0. The van der Waals surface area contributed by atoms with E-state index in [2.05, 4.69) is 39.1 Å². The zero-order valence-electron chi connectivity index (χ0n) is 20.9. The minimum atomic E-state index is -3.35. The fourth-order valence-electron chi connectivity index (χ4n) is 4.71. The average Bonchev–Trinajstić information content (AvgIpc) is 2.82. The van der Waals surface area contributed by atoms with Crippen molar-refractivity contribution in [3.63, 3.8) is 0 Å². The predicted molar refractivity (Wildman–Crippen MR) is 134 cm³/mol. The Morgan fingerprint density at radius 3 is 2.29 bits per heavy atom. The molecule has 0 radical (unpaired) electrons. The van der Waals surface area contributed by atoms with Gasteiger partial charge >= 0.3 is 6.09 Å². The van der Waals surface area contributed by atoms with Crippen LogP contribution in [-0.4, -0.2) is 84.4 Å². The SMILES string of the molecule is C[C@@H]1CN(c2ncc(S(C)(=O)=O)cn2)[C@@H](C)CN1C(=O)OC1(C)CCN(Cc2ccccc2)CC1. The Morgan fingerprint density at radius 2 is 1.69 bits per heavy atom. The molecule has 1 amide bonds. The van der Waals surface area contributed by atoms with Gasteiger partial charge in [0.15, 0.2) is 9.84 Å².